The summed E-state index contributed by atoms with van der Waals surface area (Å²) in [7, 11) is 0. The standard InChI is InChI=1S/C19H25N3O4/c1-12(2)20-18(24)22-15-9-10-21(16(15)13(3)17(22)23)19(25)26-11-14-7-5-4-6-8-14/h4-8,12-13,15-16H,9-11H2,1-3H3,(H,20,24)/t13-,15-,16+/m0/s1. The van der Waals surface area contributed by atoms with Gasteiger partial charge in [0.05, 0.1) is 18.0 Å². The number of nitrogens with zero attached hydrogens (tertiary/aromatic N) is 2. The molecule has 2 fully saturated rings. The van der Waals surface area contributed by atoms with Gasteiger partial charge in [-0.15, -0.1) is 0 Å². The summed E-state index contributed by atoms with van der Waals surface area (Å²) in [6.45, 7) is 6.13. The van der Waals surface area contributed by atoms with Crippen LogP contribution in [0.2, 0.25) is 0 Å². The molecule has 1 aromatic carbocycles. The maximum atomic E-state index is 12.6. The van der Waals surface area contributed by atoms with Crippen LogP contribution >= 0.6 is 0 Å². The van der Waals surface area contributed by atoms with E-state index in [1.54, 1.807) is 11.8 Å². The van der Waals surface area contributed by atoms with Gasteiger partial charge < -0.3 is 15.0 Å². The lowest BCUT2D eigenvalue weighted by Gasteiger charge is -2.25. The Balaban J connectivity index is 1.68. The molecule has 4 amide bonds. The van der Waals surface area contributed by atoms with Gasteiger partial charge in [-0.1, -0.05) is 37.3 Å². The van der Waals surface area contributed by atoms with Gasteiger partial charge in [0.15, 0.2) is 0 Å². The minimum absolute atomic E-state index is 0.0574. The second kappa shape index (κ2) is 7.35. The van der Waals surface area contributed by atoms with Crippen LogP contribution in [0.3, 0.4) is 0 Å². The van der Waals surface area contributed by atoms with Crippen LogP contribution in [-0.4, -0.2) is 52.5 Å². The SMILES string of the molecule is CC(C)NC(=O)N1C(=O)[C@@H](C)[C@@H]2[C@@H]1CCN2C(=O)OCc1ccccc1. The van der Waals surface area contributed by atoms with Gasteiger partial charge >= 0.3 is 12.1 Å². The van der Waals surface area contributed by atoms with Crippen molar-refractivity contribution in [2.45, 2.75) is 51.9 Å². The molecular formula is C19H25N3O4. The Bertz CT molecular complexity index is 691. The fourth-order valence-corrected chi connectivity index (χ4v) is 3.80. The molecule has 0 saturated carbocycles. The molecule has 3 rings (SSSR count). The first-order valence-electron chi connectivity index (χ1n) is 9.01. The van der Waals surface area contributed by atoms with E-state index in [4.69, 9.17) is 4.74 Å². The molecule has 1 aromatic rings. The molecule has 7 heteroatoms. The maximum absolute atomic E-state index is 12.6. The van der Waals surface area contributed by atoms with Gasteiger partial charge in [0.2, 0.25) is 5.91 Å². The van der Waals surface area contributed by atoms with Gasteiger partial charge in [-0.05, 0) is 25.8 Å². The summed E-state index contributed by atoms with van der Waals surface area (Å²) in [4.78, 5) is 40.4. The Morgan fingerprint density at radius 1 is 1.27 bits per heavy atom. The maximum Gasteiger partial charge on any atom is 0.410 e. The topological polar surface area (TPSA) is 79.0 Å². The molecule has 7 nitrogen and oxygen atoms in total. The highest BCUT2D eigenvalue weighted by Crippen LogP contribution is 2.36. The Morgan fingerprint density at radius 2 is 1.96 bits per heavy atom. The Labute approximate surface area is 153 Å². The van der Waals surface area contributed by atoms with Crippen LogP contribution in [0.5, 0.6) is 0 Å². The number of benzene rings is 1. The van der Waals surface area contributed by atoms with Crippen LogP contribution in [-0.2, 0) is 16.1 Å². The van der Waals surface area contributed by atoms with Crippen molar-refractivity contribution in [1.29, 1.82) is 0 Å². The van der Waals surface area contributed by atoms with E-state index in [-0.39, 0.29) is 36.7 Å². The number of likely N-dealkylation sites (tertiary alicyclic amines) is 2. The monoisotopic (exact) mass is 359 g/mol. The zero-order valence-corrected chi connectivity index (χ0v) is 15.3. The molecule has 3 atom stereocenters. The molecule has 26 heavy (non-hydrogen) atoms. The van der Waals surface area contributed by atoms with E-state index in [1.807, 2.05) is 44.2 Å². The lowest BCUT2D eigenvalue weighted by molar-refractivity contribution is -0.129. The lowest BCUT2D eigenvalue weighted by Crippen LogP contribution is -2.48. The molecule has 0 unspecified atom stereocenters. The number of carbonyl (C=O) groups is 3. The highest BCUT2D eigenvalue weighted by Gasteiger charge is 2.55. The quantitative estimate of drug-likeness (QED) is 0.899. The van der Waals surface area contributed by atoms with Crippen LogP contribution in [0.15, 0.2) is 30.3 Å². The summed E-state index contributed by atoms with van der Waals surface area (Å²) >= 11 is 0. The average molecular weight is 359 g/mol. The number of ether oxygens (including phenoxy) is 1. The van der Waals surface area contributed by atoms with Crippen molar-refractivity contribution in [1.82, 2.24) is 15.1 Å². The molecule has 0 spiro atoms. The van der Waals surface area contributed by atoms with Gasteiger partial charge in [0.1, 0.15) is 6.61 Å². The number of urea groups is 1. The number of rotatable bonds is 3. The van der Waals surface area contributed by atoms with Gasteiger partial charge in [-0.3, -0.25) is 9.69 Å². The molecule has 2 aliphatic rings. The van der Waals surface area contributed by atoms with Gasteiger partial charge in [-0.25, -0.2) is 9.59 Å². The summed E-state index contributed by atoms with van der Waals surface area (Å²) in [6.07, 6.45) is 0.138. The van der Waals surface area contributed by atoms with Crippen molar-refractivity contribution in [3.63, 3.8) is 0 Å². The third-order valence-corrected chi connectivity index (χ3v) is 4.96. The number of fused-ring (bicyclic) bond motifs is 1. The van der Waals surface area contributed by atoms with Gasteiger partial charge in [0, 0.05) is 12.6 Å². The number of hydrogen-bond donors (Lipinski definition) is 1. The van der Waals surface area contributed by atoms with Crippen molar-refractivity contribution in [2.24, 2.45) is 5.92 Å². The number of imide groups is 1. The molecule has 1 N–H and O–H groups in total. The van der Waals surface area contributed by atoms with Crippen molar-refractivity contribution < 1.29 is 19.1 Å². The van der Waals surface area contributed by atoms with Crippen LogP contribution in [0.25, 0.3) is 0 Å². The predicted molar refractivity (Wildman–Crippen MR) is 95.2 cm³/mol. The van der Waals surface area contributed by atoms with E-state index in [1.165, 1.54) is 4.90 Å². The van der Waals surface area contributed by atoms with Crippen molar-refractivity contribution in [2.75, 3.05) is 6.54 Å². The number of carbonyl (C=O) groups excluding carboxylic acids is 3. The fourth-order valence-electron chi connectivity index (χ4n) is 3.80. The average Bonchev–Trinajstić information content (AvgIpc) is 3.13. The van der Waals surface area contributed by atoms with Gasteiger partial charge in [-0.2, -0.15) is 0 Å². The Kier molecular flexibility index (Phi) is 5.15. The number of amides is 4. The first-order valence-corrected chi connectivity index (χ1v) is 9.01. The van der Waals surface area contributed by atoms with E-state index >= 15 is 0 Å². The summed E-state index contributed by atoms with van der Waals surface area (Å²) < 4.78 is 5.42. The summed E-state index contributed by atoms with van der Waals surface area (Å²) in [5.74, 6) is -0.664. The molecular weight excluding hydrogens is 334 g/mol. The predicted octanol–water partition coefficient (Wildman–Crippen LogP) is 2.36. The highest BCUT2D eigenvalue weighted by atomic mass is 16.6. The Morgan fingerprint density at radius 3 is 2.62 bits per heavy atom. The summed E-state index contributed by atoms with van der Waals surface area (Å²) in [5.41, 5.74) is 0.907. The first kappa shape index (κ1) is 18.2. The zero-order valence-electron chi connectivity index (χ0n) is 15.3. The zero-order chi connectivity index (χ0) is 18.8. The van der Waals surface area contributed by atoms with Crippen molar-refractivity contribution in [3.8, 4) is 0 Å². The fraction of sp³-hybridized carbons (Fsp3) is 0.526. The first-order chi connectivity index (χ1) is 12.4. The normalized spacial score (nSPS) is 24.8. The molecule has 0 aromatic heterocycles. The van der Waals surface area contributed by atoms with Crippen molar-refractivity contribution in [3.05, 3.63) is 35.9 Å². The van der Waals surface area contributed by atoms with Crippen molar-refractivity contribution >= 4 is 18.0 Å². The molecule has 2 saturated heterocycles. The van der Waals surface area contributed by atoms with Crippen LogP contribution in [0, 0.1) is 5.92 Å². The second-order valence-electron chi connectivity index (χ2n) is 7.18. The van der Waals surface area contributed by atoms with Gasteiger partial charge in [0.25, 0.3) is 0 Å². The van der Waals surface area contributed by atoms with Crippen LogP contribution in [0.1, 0.15) is 32.8 Å². The molecule has 2 aliphatic heterocycles. The third-order valence-electron chi connectivity index (χ3n) is 4.96. The smallest absolute Gasteiger partial charge is 0.410 e. The molecule has 2 heterocycles. The lowest BCUT2D eigenvalue weighted by atomic mass is 10.0. The third kappa shape index (κ3) is 3.38. The minimum atomic E-state index is -0.438. The van der Waals surface area contributed by atoms with E-state index in [2.05, 4.69) is 5.32 Å². The molecule has 0 aliphatic carbocycles. The van der Waals surface area contributed by atoms with E-state index in [0.29, 0.717) is 13.0 Å². The van der Waals surface area contributed by atoms with Crippen LogP contribution < -0.4 is 5.32 Å². The largest absolute Gasteiger partial charge is 0.445 e. The number of nitrogens with one attached hydrogen (secondary N) is 1. The molecule has 0 bridgehead atoms. The van der Waals surface area contributed by atoms with E-state index in [0.717, 1.165) is 5.56 Å². The van der Waals surface area contributed by atoms with E-state index < -0.39 is 12.0 Å². The van der Waals surface area contributed by atoms with Crippen LogP contribution in [0.4, 0.5) is 9.59 Å². The molecule has 0 radical (unpaired) electrons. The summed E-state index contributed by atoms with van der Waals surface area (Å²) in [5, 5.41) is 2.77. The molecule has 140 valence electrons. The minimum Gasteiger partial charge on any atom is -0.445 e. The Hall–Kier alpha value is -2.57. The number of hydrogen-bond acceptors (Lipinski definition) is 4. The highest BCUT2D eigenvalue weighted by molar-refractivity contribution is 5.99. The second-order valence-corrected chi connectivity index (χ2v) is 7.18. The van der Waals surface area contributed by atoms with E-state index in [9.17, 15) is 14.4 Å². The summed E-state index contributed by atoms with van der Waals surface area (Å²) in [6, 6.07) is 8.39.